The molecule has 0 aliphatic carbocycles. The van der Waals surface area contributed by atoms with Gasteiger partial charge in [0.05, 0.1) is 0 Å². The zero-order chi connectivity index (χ0) is 15.9. The second-order valence-corrected chi connectivity index (χ2v) is 3.86. The molecular weight excluding hydrogens is 307 g/mol. The summed E-state index contributed by atoms with van der Waals surface area (Å²) < 4.78 is 12.0. The highest BCUT2D eigenvalue weighted by Crippen LogP contribution is 2.38. The second-order valence-electron chi connectivity index (χ2n) is 2.57. The molecule has 0 atom stereocenters. The molecule has 0 bridgehead atoms. The van der Waals surface area contributed by atoms with Gasteiger partial charge in [0, 0.05) is 0 Å². The van der Waals surface area contributed by atoms with Crippen molar-refractivity contribution in [1.82, 2.24) is 0 Å². The van der Waals surface area contributed by atoms with Gasteiger partial charge >= 0.3 is 44.2 Å². The smallest absolute Gasteiger partial charge is 0.422 e. The van der Waals surface area contributed by atoms with E-state index >= 15 is 0 Å². The normalized spacial score (nSPS) is 9.45. The molecule has 0 rings (SSSR count). The fourth-order valence-corrected chi connectivity index (χ4v) is 1.40. The molecule has 0 spiro atoms. The van der Waals surface area contributed by atoms with Crippen LogP contribution in [0.1, 0.15) is 0 Å². The third kappa shape index (κ3) is 6.26. The molecule has 20 heavy (non-hydrogen) atoms. The predicted molar refractivity (Wildman–Crippen MR) is 53.0 cm³/mol. The number of carboxylic acids is 3. The van der Waals surface area contributed by atoms with Crippen molar-refractivity contribution in [1.29, 1.82) is 0 Å². The monoisotopic (exact) mass is 312 g/mol. The van der Waals surface area contributed by atoms with Crippen LogP contribution in [0.5, 0.6) is 0 Å². The Morgan fingerprint density at radius 3 is 1.35 bits per heavy atom. The number of carbonyl (C=O) groups is 6. The summed E-state index contributed by atoms with van der Waals surface area (Å²) in [6.07, 6.45) is -1.14. The molecule has 0 heterocycles. The summed E-state index contributed by atoms with van der Waals surface area (Å²) in [7, 11) is -2.93. The number of carbonyl (C=O) groups excluding carboxylic acids is 3. The third-order valence-electron chi connectivity index (χ3n) is 1.19. The van der Waals surface area contributed by atoms with Gasteiger partial charge in [-0.05, 0) is 0 Å². The van der Waals surface area contributed by atoms with Crippen molar-refractivity contribution in [3.05, 3.63) is 0 Å². The molecule has 13 heteroatoms. The third-order valence-corrected chi connectivity index (χ3v) is 2.27. The molecule has 0 aromatic carbocycles. The van der Waals surface area contributed by atoms with Crippen LogP contribution in [0.25, 0.3) is 0 Å². The Bertz CT molecular complexity index is 438. The zero-order valence-corrected chi connectivity index (χ0v) is 10.1. The van der Waals surface area contributed by atoms with Crippen molar-refractivity contribution >= 4 is 44.2 Å². The van der Waals surface area contributed by atoms with Crippen LogP contribution in [0.15, 0.2) is 0 Å². The summed E-state index contributed by atoms with van der Waals surface area (Å²) in [6, 6.07) is 0. The van der Waals surface area contributed by atoms with Crippen LogP contribution in [-0.4, -0.2) is 57.5 Å². The Hall–Kier alpha value is -2.75. The molecule has 0 aliphatic heterocycles. The summed E-state index contributed by atoms with van der Waals surface area (Å²) in [5.41, 5.74) is 0. The van der Waals surface area contributed by atoms with E-state index in [9.17, 15) is 28.8 Å². The quantitative estimate of drug-likeness (QED) is 0.298. The van der Waals surface area contributed by atoms with Gasteiger partial charge in [-0.25, -0.2) is 28.8 Å². The molecule has 0 radical (unpaired) electrons. The molecule has 110 valence electrons. The molecule has 0 fully saturated rings. The van der Waals surface area contributed by atoms with Crippen LogP contribution < -0.4 is 0 Å². The molecule has 12 nitrogen and oxygen atoms in total. The van der Waals surface area contributed by atoms with Crippen molar-refractivity contribution in [3.8, 4) is 0 Å². The standard InChI is InChI=1S/C7H5O12P/c8-2(9)5(14)17-1-20(18-6(15)3(10)11)19-7(16)4(12)13/h1H2,(H,8,9)(H,10,11)(H,12,13). The van der Waals surface area contributed by atoms with E-state index in [1.807, 2.05) is 0 Å². The molecule has 0 aromatic heterocycles. The maximum atomic E-state index is 10.7. The van der Waals surface area contributed by atoms with Crippen LogP contribution in [0, 0.1) is 0 Å². The van der Waals surface area contributed by atoms with Gasteiger partial charge in [-0.2, -0.15) is 0 Å². The molecule has 0 unspecified atom stereocenters. The highest BCUT2D eigenvalue weighted by molar-refractivity contribution is 7.48. The van der Waals surface area contributed by atoms with Crippen LogP contribution in [0.2, 0.25) is 0 Å². The molecular formula is C7H5O12P. The highest BCUT2D eigenvalue weighted by atomic mass is 31.2. The van der Waals surface area contributed by atoms with Crippen molar-refractivity contribution in [2.24, 2.45) is 0 Å². The predicted octanol–water partition coefficient (Wildman–Crippen LogP) is -1.86. The summed E-state index contributed by atoms with van der Waals surface area (Å²) in [5, 5.41) is 24.6. The molecule has 0 amide bonds. The topological polar surface area (TPSA) is 191 Å². The number of rotatable bonds is 4. The minimum absolute atomic E-state index is 1.14. The van der Waals surface area contributed by atoms with E-state index in [0.29, 0.717) is 0 Å². The van der Waals surface area contributed by atoms with Crippen LogP contribution >= 0.6 is 8.38 Å². The van der Waals surface area contributed by atoms with Gasteiger partial charge in [-0.3, -0.25) is 0 Å². The van der Waals surface area contributed by atoms with Crippen molar-refractivity contribution in [2.75, 3.05) is 6.35 Å². The lowest BCUT2D eigenvalue weighted by Gasteiger charge is -2.13. The van der Waals surface area contributed by atoms with Crippen molar-refractivity contribution < 1.29 is 57.9 Å². The van der Waals surface area contributed by atoms with E-state index in [2.05, 4.69) is 13.8 Å². The number of ether oxygens (including phenoxy) is 1. The summed E-state index contributed by atoms with van der Waals surface area (Å²) in [4.78, 5) is 62.4. The lowest BCUT2D eigenvalue weighted by atomic mass is 10.7. The average molecular weight is 312 g/mol. The van der Waals surface area contributed by atoms with Gasteiger partial charge in [0.1, 0.15) is 0 Å². The largest absolute Gasteiger partial charge is 0.473 e. The fourth-order valence-electron chi connectivity index (χ4n) is 0.507. The average Bonchev–Trinajstić information content (AvgIpc) is 2.34. The first-order valence-corrected chi connectivity index (χ1v) is 5.59. The van der Waals surface area contributed by atoms with E-state index in [1.54, 1.807) is 0 Å². The number of aliphatic carboxylic acids is 3. The molecule has 0 aliphatic rings. The Balaban J connectivity index is 4.70. The fraction of sp³-hybridized carbons (Fsp3) is 0.143. The minimum atomic E-state index is -2.93. The van der Waals surface area contributed by atoms with Gasteiger partial charge in [-0.1, -0.05) is 0 Å². The first-order chi connectivity index (χ1) is 9.15. The number of carboxylic acid groups (broad SMARTS) is 3. The van der Waals surface area contributed by atoms with Crippen LogP contribution in [0.4, 0.5) is 0 Å². The zero-order valence-electron chi connectivity index (χ0n) is 9.17. The molecule has 0 aromatic rings. The van der Waals surface area contributed by atoms with E-state index in [1.165, 1.54) is 0 Å². The maximum absolute atomic E-state index is 10.7. The first kappa shape index (κ1) is 17.2. The lowest BCUT2D eigenvalue weighted by molar-refractivity contribution is -0.164. The van der Waals surface area contributed by atoms with Crippen molar-refractivity contribution in [3.63, 3.8) is 0 Å². The van der Waals surface area contributed by atoms with Gasteiger partial charge in [0.25, 0.3) is 0 Å². The Morgan fingerprint density at radius 1 is 0.700 bits per heavy atom. The Labute approximate surface area is 109 Å². The van der Waals surface area contributed by atoms with E-state index < -0.39 is 50.5 Å². The Morgan fingerprint density at radius 2 is 1.05 bits per heavy atom. The second kappa shape index (κ2) is 7.63. The SMILES string of the molecule is O=C(O)C(=O)OCP(OC(=O)C(=O)O)OC(=O)C(=O)O. The number of esters is 1. The molecule has 3 N–H and O–H groups in total. The number of hydrogen-bond acceptors (Lipinski definition) is 9. The van der Waals surface area contributed by atoms with Crippen molar-refractivity contribution in [2.45, 2.75) is 0 Å². The van der Waals surface area contributed by atoms with Gasteiger partial charge in [0.2, 0.25) is 0 Å². The van der Waals surface area contributed by atoms with E-state index in [4.69, 9.17) is 15.3 Å². The van der Waals surface area contributed by atoms with Gasteiger partial charge < -0.3 is 29.1 Å². The Kier molecular flexibility index (Phi) is 6.58. The van der Waals surface area contributed by atoms with Gasteiger partial charge in [0.15, 0.2) is 6.35 Å². The van der Waals surface area contributed by atoms with E-state index in [-0.39, 0.29) is 0 Å². The maximum Gasteiger partial charge on any atom is 0.422 e. The van der Waals surface area contributed by atoms with E-state index in [0.717, 1.165) is 0 Å². The summed E-state index contributed by atoms with van der Waals surface area (Å²) in [6.45, 7) is 0. The summed E-state index contributed by atoms with van der Waals surface area (Å²) in [5.74, 6) is -11.8. The van der Waals surface area contributed by atoms with Gasteiger partial charge in [-0.15, -0.1) is 0 Å². The highest BCUT2D eigenvalue weighted by Gasteiger charge is 2.30. The number of hydrogen-bond donors (Lipinski definition) is 3. The molecule has 0 saturated carbocycles. The van der Waals surface area contributed by atoms with Crippen LogP contribution in [0.3, 0.4) is 0 Å². The molecule has 0 saturated heterocycles. The minimum Gasteiger partial charge on any atom is -0.473 e. The van der Waals surface area contributed by atoms with Crippen LogP contribution in [-0.2, 0) is 42.6 Å². The first-order valence-electron chi connectivity index (χ1n) is 4.23. The summed E-state index contributed by atoms with van der Waals surface area (Å²) >= 11 is 0. The lowest BCUT2D eigenvalue weighted by Crippen LogP contribution is -2.22.